The molecule has 1 aromatic heterocycles. The van der Waals surface area contributed by atoms with Gasteiger partial charge in [-0.3, -0.25) is 0 Å². The monoisotopic (exact) mass is 351 g/mol. The second-order valence-corrected chi connectivity index (χ2v) is 6.21. The van der Waals surface area contributed by atoms with Crippen LogP contribution in [0.25, 0.3) is 10.9 Å². The predicted molar refractivity (Wildman–Crippen MR) is 84.5 cm³/mol. The summed E-state index contributed by atoms with van der Waals surface area (Å²) in [5.74, 6) is 0.252. The van der Waals surface area contributed by atoms with E-state index in [-0.39, 0.29) is 5.97 Å². The Labute approximate surface area is 132 Å². The minimum atomic E-state index is -0.287. The first-order chi connectivity index (χ1) is 10.2. The smallest absolute Gasteiger partial charge is 0.354 e. The molecule has 0 atom stereocenters. The predicted octanol–water partition coefficient (Wildman–Crippen LogP) is 3.62. The van der Waals surface area contributed by atoms with Crippen molar-refractivity contribution >= 4 is 32.8 Å². The number of carbonyl (C=O) groups is 1. The molecule has 0 radical (unpaired) electrons. The highest BCUT2D eigenvalue weighted by Crippen LogP contribution is 2.29. The van der Waals surface area contributed by atoms with Gasteiger partial charge < -0.3 is 14.0 Å². The summed E-state index contributed by atoms with van der Waals surface area (Å²) >= 11 is 3.56. The molecule has 112 valence electrons. The standard InChI is InChI=1S/C16H18BrNO3/c1-20-16(19)15-9-12-13(17)3-2-4-14(12)18(15)10-11-5-7-21-8-6-11/h2-4,9,11H,5-8,10H2,1H3. The van der Waals surface area contributed by atoms with Crippen molar-refractivity contribution in [2.45, 2.75) is 19.4 Å². The zero-order valence-electron chi connectivity index (χ0n) is 12.0. The normalized spacial score (nSPS) is 16.3. The van der Waals surface area contributed by atoms with Crippen LogP contribution in [0.3, 0.4) is 0 Å². The molecule has 2 aromatic rings. The summed E-state index contributed by atoms with van der Waals surface area (Å²) in [6.45, 7) is 2.44. The van der Waals surface area contributed by atoms with Gasteiger partial charge in [0.2, 0.25) is 0 Å². The molecule has 1 fully saturated rings. The van der Waals surface area contributed by atoms with Crippen LogP contribution in [0.4, 0.5) is 0 Å². The van der Waals surface area contributed by atoms with Crippen LogP contribution in [-0.4, -0.2) is 30.9 Å². The molecule has 3 rings (SSSR count). The Morgan fingerprint density at radius 3 is 2.90 bits per heavy atom. The van der Waals surface area contributed by atoms with E-state index in [4.69, 9.17) is 9.47 Å². The van der Waals surface area contributed by atoms with Gasteiger partial charge in [-0.2, -0.15) is 0 Å². The molecule has 0 amide bonds. The van der Waals surface area contributed by atoms with E-state index >= 15 is 0 Å². The number of benzene rings is 1. The highest BCUT2D eigenvalue weighted by Gasteiger charge is 2.21. The van der Waals surface area contributed by atoms with Gasteiger partial charge in [0.15, 0.2) is 0 Å². The molecule has 0 spiro atoms. The molecule has 21 heavy (non-hydrogen) atoms. The first-order valence-electron chi connectivity index (χ1n) is 7.14. The van der Waals surface area contributed by atoms with E-state index in [9.17, 15) is 4.79 Å². The Balaban J connectivity index is 2.04. The molecule has 0 bridgehead atoms. The summed E-state index contributed by atoms with van der Waals surface area (Å²) < 4.78 is 13.4. The Kier molecular flexibility index (Phi) is 4.31. The summed E-state index contributed by atoms with van der Waals surface area (Å²) in [5, 5.41) is 1.05. The third-order valence-electron chi connectivity index (χ3n) is 4.07. The Morgan fingerprint density at radius 2 is 2.19 bits per heavy atom. The van der Waals surface area contributed by atoms with Gasteiger partial charge in [0.25, 0.3) is 0 Å². The molecular formula is C16H18BrNO3. The zero-order chi connectivity index (χ0) is 14.8. The lowest BCUT2D eigenvalue weighted by molar-refractivity contribution is 0.0558. The summed E-state index contributed by atoms with van der Waals surface area (Å²) in [4.78, 5) is 12.1. The van der Waals surface area contributed by atoms with Crippen LogP contribution in [0.15, 0.2) is 28.7 Å². The van der Waals surface area contributed by atoms with Crippen LogP contribution < -0.4 is 0 Å². The summed E-state index contributed by atoms with van der Waals surface area (Å²) in [6, 6.07) is 7.94. The second-order valence-electron chi connectivity index (χ2n) is 5.36. The van der Waals surface area contributed by atoms with Gasteiger partial charge >= 0.3 is 5.97 Å². The van der Waals surface area contributed by atoms with Gasteiger partial charge in [0.05, 0.1) is 7.11 Å². The number of ether oxygens (including phenoxy) is 2. The van der Waals surface area contributed by atoms with Gasteiger partial charge in [0, 0.05) is 35.1 Å². The SMILES string of the molecule is COC(=O)c1cc2c(Br)cccc2n1CC1CCOCC1. The zero-order valence-corrected chi connectivity index (χ0v) is 13.6. The molecule has 5 heteroatoms. The quantitative estimate of drug-likeness (QED) is 0.793. The van der Waals surface area contributed by atoms with Crippen molar-refractivity contribution in [2.75, 3.05) is 20.3 Å². The maximum Gasteiger partial charge on any atom is 0.354 e. The topological polar surface area (TPSA) is 40.5 Å². The lowest BCUT2D eigenvalue weighted by Gasteiger charge is -2.23. The Morgan fingerprint density at radius 1 is 1.43 bits per heavy atom. The summed E-state index contributed by atoms with van der Waals surface area (Å²) in [6.07, 6.45) is 2.07. The molecule has 0 N–H and O–H groups in total. The molecule has 0 aliphatic carbocycles. The fourth-order valence-electron chi connectivity index (χ4n) is 2.91. The molecule has 0 unspecified atom stereocenters. The number of halogens is 1. The van der Waals surface area contributed by atoms with E-state index in [1.807, 2.05) is 24.3 Å². The van der Waals surface area contributed by atoms with Crippen molar-refractivity contribution in [1.82, 2.24) is 4.57 Å². The summed E-state index contributed by atoms with van der Waals surface area (Å²) in [7, 11) is 1.42. The Hall–Kier alpha value is -1.33. The van der Waals surface area contributed by atoms with Crippen molar-refractivity contribution in [1.29, 1.82) is 0 Å². The van der Waals surface area contributed by atoms with E-state index in [0.29, 0.717) is 11.6 Å². The maximum absolute atomic E-state index is 12.1. The molecule has 1 aliphatic rings. The molecule has 0 saturated carbocycles. The molecule has 1 aliphatic heterocycles. The van der Waals surface area contributed by atoms with Crippen LogP contribution >= 0.6 is 15.9 Å². The number of carbonyl (C=O) groups excluding carboxylic acids is 1. The van der Waals surface area contributed by atoms with Crippen molar-refractivity contribution in [3.05, 3.63) is 34.4 Å². The van der Waals surface area contributed by atoms with Crippen molar-refractivity contribution in [3.8, 4) is 0 Å². The molecule has 1 saturated heterocycles. The van der Waals surface area contributed by atoms with Gasteiger partial charge in [-0.05, 0) is 37.0 Å². The molecule has 4 nitrogen and oxygen atoms in total. The number of rotatable bonds is 3. The summed E-state index contributed by atoms with van der Waals surface area (Å²) in [5.41, 5.74) is 1.68. The lowest BCUT2D eigenvalue weighted by atomic mass is 10.0. The molecule has 1 aromatic carbocycles. The van der Waals surface area contributed by atoms with E-state index in [1.54, 1.807) is 0 Å². The van der Waals surface area contributed by atoms with Crippen LogP contribution in [0.2, 0.25) is 0 Å². The fraction of sp³-hybridized carbons (Fsp3) is 0.438. The van der Waals surface area contributed by atoms with Crippen LogP contribution in [-0.2, 0) is 16.0 Å². The van der Waals surface area contributed by atoms with E-state index < -0.39 is 0 Å². The number of esters is 1. The van der Waals surface area contributed by atoms with Gasteiger partial charge in [-0.15, -0.1) is 0 Å². The first kappa shape index (κ1) is 14.6. The molecular weight excluding hydrogens is 334 g/mol. The third kappa shape index (κ3) is 2.85. The first-order valence-corrected chi connectivity index (χ1v) is 7.94. The maximum atomic E-state index is 12.1. The van der Waals surface area contributed by atoms with Crippen molar-refractivity contribution in [3.63, 3.8) is 0 Å². The average Bonchev–Trinajstić information content (AvgIpc) is 2.88. The number of methoxy groups -OCH3 is 1. The fourth-order valence-corrected chi connectivity index (χ4v) is 3.38. The van der Waals surface area contributed by atoms with Gasteiger partial charge in [-0.1, -0.05) is 22.0 Å². The minimum absolute atomic E-state index is 0.287. The van der Waals surface area contributed by atoms with E-state index in [2.05, 4.69) is 20.5 Å². The molecule has 2 heterocycles. The lowest BCUT2D eigenvalue weighted by Crippen LogP contribution is -2.22. The average molecular weight is 352 g/mol. The van der Waals surface area contributed by atoms with Crippen LogP contribution in [0.5, 0.6) is 0 Å². The highest BCUT2D eigenvalue weighted by molar-refractivity contribution is 9.10. The number of aromatic nitrogens is 1. The van der Waals surface area contributed by atoms with Gasteiger partial charge in [0.1, 0.15) is 5.69 Å². The minimum Gasteiger partial charge on any atom is -0.464 e. The second kappa shape index (κ2) is 6.20. The van der Waals surface area contributed by atoms with Crippen LogP contribution in [0, 0.1) is 5.92 Å². The van der Waals surface area contributed by atoms with Crippen molar-refractivity contribution in [2.24, 2.45) is 5.92 Å². The van der Waals surface area contributed by atoms with Gasteiger partial charge in [-0.25, -0.2) is 4.79 Å². The van der Waals surface area contributed by atoms with Crippen LogP contribution in [0.1, 0.15) is 23.3 Å². The van der Waals surface area contributed by atoms with E-state index in [1.165, 1.54) is 7.11 Å². The highest BCUT2D eigenvalue weighted by atomic mass is 79.9. The third-order valence-corrected chi connectivity index (χ3v) is 4.76. The van der Waals surface area contributed by atoms with E-state index in [0.717, 1.165) is 48.0 Å². The van der Waals surface area contributed by atoms with Crippen molar-refractivity contribution < 1.29 is 14.3 Å². The number of hydrogen-bond donors (Lipinski definition) is 0. The number of nitrogens with zero attached hydrogens (tertiary/aromatic N) is 1. The number of hydrogen-bond acceptors (Lipinski definition) is 3. The number of fused-ring (bicyclic) bond motifs is 1. The Bertz CT molecular complexity index is 659. The largest absolute Gasteiger partial charge is 0.464 e.